The van der Waals surface area contributed by atoms with Crippen LogP contribution < -0.4 is 0 Å². The highest BCUT2D eigenvalue weighted by Gasteiger charge is 2.68. The maximum atomic E-state index is 12.6. The van der Waals surface area contributed by atoms with Gasteiger partial charge in [0.1, 0.15) is 31.0 Å². The molecule has 0 spiro atoms. The molecule has 8 rings (SSSR count). The number of carbonyl (C=O) groups is 2. The van der Waals surface area contributed by atoms with Crippen molar-refractivity contribution in [2.45, 2.75) is 204 Å². The van der Waals surface area contributed by atoms with Gasteiger partial charge in [0, 0.05) is 37.7 Å². The lowest BCUT2D eigenvalue weighted by Gasteiger charge is -2.64. The number of aliphatic hydroxyl groups is 4. The Morgan fingerprint density at radius 3 is 2.00 bits per heavy atom. The molecular weight excluding hydrogens is 740 g/mol. The van der Waals surface area contributed by atoms with Crippen molar-refractivity contribution in [2.75, 3.05) is 6.61 Å². The Morgan fingerprint density at radius 2 is 1.39 bits per heavy atom. The molecule has 0 amide bonds. The second kappa shape index (κ2) is 16.0. The van der Waals surface area contributed by atoms with Crippen molar-refractivity contribution >= 4 is 11.9 Å². The molecule has 14 heteroatoms. The van der Waals surface area contributed by atoms with Gasteiger partial charge < -0.3 is 58.3 Å². The molecule has 4 N–H and O–H groups in total. The van der Waals surface area contributed by atoms with Crippen molar-refractivity contribution in [2.24, 2.45) is 34.5 Å². The fourth-order valence-corrected chi connectivity index (χ4v) is 13.1. The van der Waals surface area contributed by atoms with Crippen molar-refractivity contribution in [3.8, 4) is 0 Å². The molecule has 2 unspecified atom stereocenters. The first-order chi connectivity index (χ1) is 27.0. The second-order valence-electron chi connectivity index (χ2n) is 19.3. The summed E-state index contributed by atoms with van der Waals surface area (Å²) in [6.07, 6.45) is 1.76. The third-order valence-corrected chi connectivity index (χ3v) is 16.2. The predicted molar refractivity (Wildman–Crippen MR) is 201 cm³/mol. The minimum atomic E-state index is -0.992. The van der Waals surface area contributed by atoms with E-state index >= 15 is 0 Å². The molecular formula is C43H66O14. The minimum Gasteiger partial charge on any atom is -0.459 e. The molecule has 14 nitrogen and oxygen atoms in total. The van der Waals surface area contributed by atoms with Crippen LogP contribution in [0.25, 0.3) is 0 Å². The van der Waals surface area contributed by atoms with E-state index in [4.69, 9.17) is 37.9 Å². The molecule has 0 bridgehead atoms. The lowest BCUT2D eigenvalue weighted by atomic mass is 9.43. The molecule has 4 aliphatic carbocycles. The first kappa shape index (κ1) is 42.0. The molecule has 57 heavy (non-hydrogen) atoms. The zero-order valence-electron chi connectivity index (χ0n) is 34.5. The van der Waals surface area contributed by atoms with Gasteiger partial charge in [-0.1, -0.05) is 13.8 Å². The van der Waals surface area contributed by atoms with Crippen LogP contribution in [0.1, 0.15) is 119 Å². The summed E-state index contributed by atoms with van der Waals surface area (Å²) in [4.78, 5) is 23.5. The highest BCUT2D eigenvalue weighted by Crippen LogP contribution is 2.70. The van der Waals surface area contributed by atoms with E-state index in [0.717, 1.165) is 63.4 Å². The standard InChI is InChI=1S/C43H66O14/c1-21-38(48)33(54-24(4)44)19-37(51-21)57-40-23(3)53-36(18-32(40)46)56-39-22(2)52-35(17-31(39)45)55-27-9-12-41(5)26(16-27)7-8-30-29(41)10-13-42(6)28(11-14-43(30,42)49)25-15-34(47)50-20-25/h15,21-23,26-33,35-40,45-46,48-49H,7-14,16-20H2,1-6H3/t21-,22-,23-,26?,27-,28+,29-,30?,31-,32-,33-,35-,36-,37-,38+,39+,40+,41-,42+,43-/m0/s1. The summed E-state index contributed by atoms with van der Waals surface area (Å²) in [5.74, 6) is 0.591. The molecule has 0 aromatic carbocycles. The summed E-state index contributed by atoms with van der Waals surface area (Å²) < 4.78 is 47.8. The third kappa shape index (κ3) is 7.65. The van der Waals surface area contributed by atoms with Gasteiger partial charge in [-0.15, -0.1) is 0 Å². The van der Waals surface area contributed by atoms with Crippen LogP contribution in [-0.4, -0.2) is 124 Å². The SMILES string of the molecule is CC(=O)O[C@H]1C[C@H](O[C@@H]2[C@H](C)O[C@@H](O[C@@H]3[C@H](C)O[C@@H](O[C@H]4CC[C@@]5(C)C(CCC6[C@@H]5CC[C@]5(C)[C@@H](C7=CC(=O)OC7)CC[C@]65O)C4)C[C@@H]3O)C[C@@H]2O)O[C@@H](C)[C@H]1O. The largest absolute Gasteiger partial charge is 0.459 e. The number of cyclic esters (lactones) is 1. The van der Waals surface area contributed by atoms with Crippen LogP contribution in [0.5, 0.6) is 0 Å². The maximum absolute atomic E-state index is 12.6. The van der Waals surface area contributed by atoms with Gasteiger partial charge in [0.2, 0.25) is 0 Å². The fraction of sp³-hybridized carbons (Fsp3) is 0.907. The average molecular weight is 807 g/mol. The van der Waals surface area contributed by atoms with Gasteiger partial charge in [0.15, 0.2) is 18.9 Å². The number of hydrogen-bond donors (Lipinski definition) is 4. The smallest absolute Gasteiger partial charge is 0.331 e. The Hall–Kier alpha value is -1.72. The zero-order valence-corrected chi connectivity index (χ0v) is 34.5. The third-order valence-electron chi connectivity index (χ3n) is 16.2. The van der Waals surface area contributed by atoms with E-state index in [2.05, 4.69) is 13.8 Å². The molecule has 7 fully saturated rings. The van der Waals surface area contributed by atoms with Crippen molar-refractivity contribution in [3.63, 3.8) is 0 Å². The van der Waals surface area contributed by atoms with E-state index in [1.807, 2.05) is 6.92 Å². The number of aliphatic hydroxyl groups excluding tert-OH is 3. The first-order valence-electron chi connectivity index (χ1n) is 21.7. The van der Waals surface area contributed by atoms with Crippen LogP contribution in [-0.2, 0) is 47.5 Å². The predicted octanol–water partition coefficient (Wildman–Crippen LogP) is 3.82. The van der Waals surface area contributed by atoms with Crippen LogP contribution >= 0.6 is 0 Å². The Labute approximate surface area is 336 Å². The van der Waals surface area contributed by atoms with Crippen molar-refractivity contribution in [1.82, 2.24) is 0 Å². The van der Waals surface area contributed by atoms with Crippen molar-refractivity contribution in [3.05, 3.63) is 11.6 Å². The van der Waals surface area contributed by atoms with Crippen LogP contribution in [0.15, 0.2) is 11.6 Å². The monoisotopic (exact) mass is 806 g/mol. The molecule has 4 heterocycles. The van der Waals surface area contributed by atoms with Crippen molar-refractivity contribution in [1.29, 1.82) is 0 Å². The second-order valence-corrected chi connectivity index (χ2v) is 19.3. The number of carbonyl (C=O) groups excluding carboxylic acids is 2. The maximum Gasteiger partial charge on any atom is 0.331 e. The van der Waals surface area contributed by atoms with Gasteiger partial charge in [-0.05, 0) is 113 Å². The lowest BCUT2D eigenvalue weighted by Crippen LogP contribution is -2.62. The van der Waals surface area contributed by atoms with Crippen LogP contribution in [0.4, 0.5) is 0 Å². The molecule has 0 aromatic rings. The molecule has 0 radical (unpaired) electrons. The van der Waals surface area contributed by atoms with Gasteiger partial charge in [0.05, 0.1) is 42.2 Å². The van der Waals surface area contributed by atoms with E-state index in [1.165, 1.54) is 6.92 Å². The molecule has 322 valence electrons. The van der Waals surface area contributed by atoms with E-state index in [9.17, 15) is 30.0 Å². The van der Waals surface area contributed by atoms with Crippen molar-refractivity contribution < 1.29 is 67.9 Å². The fourth-order valence-electron chi connectivity index (χ4n) is 13.1. The number of fused-ring (bicyclic) bond motifs is 5. The van der Waals surface area contributed by atoms with Gasteiger partial charge in [-0.2, -0.15) is 0 Å². The van der Waals surface area contributed by atoms with E-state index in [-0.39, 0.29) is 54.0 Å². The van der Waals surface area contributed by atoms with Gasteiger partial charge in [-0.25, -0.2) is 4.79 Å². The summed E-state index contributed by atoms with van der Waals surface area (Å²) in [5.41, 5.74) is 0.189. The molecule has 8 aliphatic rings. The molecule has 0 aromatic heterocycles. The Balaban J connectivity index is 0.819. The van der Waals surface area contributed by atoms with Gasteiger partial charge >= 0.3 is 11.9 Å². The normalized spacial score (nSPS) is 52.6. The molecule has 20 atom stereocenters. The quantitative estimate of drug-likeness (QED) is 0.205. The minimum absolute atomic E-state index is 0.0134. The topological polar surface area (TPSA) is 189 Å². The molecule has 3 saturated heterocycles. The number of rotatable bonds is 8. The number of esters is 2. The average Bonchev–Trinajstić information content (AvgIpc) is 3.69. The Kier molecular flexibility index (Phi) is 11.8. The Bertz CT molecular complexity index is 1500. The summed E-state index contributed by atoms with van der Waals surface area (Å²) >= 11 is 0. The van der Waals surface area contributed by atoms with Gasteiger partial charge in [-0.3, -0.25) is 4.79 Å². The van der Waals surface area contributed by atoms with E-state index < -0.39 is 85.4 Å². The van der Waals surface area contributed by atoms with E-state index in [1.54, 1.807) is 19.9 Å². The van der Waals surface area contributed by atoms with Gasteiger partial charge in [0.25, 0.3) is 0 Å². The zero-order chi connectivity index (χ0) is 40.6. The molecule has 4 saturated carbocycles. The Morgan fingerprint density at radius 1 is 0.754 bits per heavy atom. The van der Waals surface area contributed by atoms with Crippen LogP contribution in [0, 0.1) is 34.5 Å². The number of hydrogen-bond acceptors (Lipinski definition) is 14. The number of ether oxygens (including phenoxy) is 8. The van der Waals surface area contributed by atoms with Crippen LogP contribution in [0.2, 0.25) is 0 Å². The highest BCUT2D eigenvalue weighted by molar-refractivity contribution is 5.85. The highest BCUT2D eigenvalue weighted by atomic mass is 16.7. The summed E-state index contributed by atoms with van der Waals surface area (Å²) in [6, 6.07) is 0. The van der Waals surface area contributed by atoms with E-state index in [0.29, 0.717) is 18.4 Å². The lowest BCUT2D eigenvalue weighted by molar-refractivity contribution is -0.336. The first-order valence-corrected chi connectivity index (χ1v) is 21.7. The summed E-state index contributed by atoms with van der Waals surface area (Å²) in [7, 11) is 0. The molecule has 4 aliphatic heterocycles. The summed E-state index contributed by atoms with van der Waals surface area (Å²) in [5, 5.41) is 45.4. The van der Waals surface area contributed by atoms with Crippen LogP contribution in [0.3, 0.4) is 0 Å². The summed E-state index contributed by atoms with van der Waals surface area (Å²) in [6.45, 7) is 11.7.